The molecule has 0 radical (unpaired) electrons. The monoisotopic (exact) mass is 381 g/mol. The van der Waals surface area contributed by atoms with Gasteiger partial charge in [-0.2, -0.15) is 0 Å². The SMILES string of the molecule is Clc1ccc(-c2nn3cc(-c4ccccc4)c4c3n2CCCC4)c(Cl)c1. The van der Waals surface area contributed by atoms with Crippen LogP contribution in [-0.2, 0) is 13.0 Å². The van der Waals surface area contributed by atoms with E-state index in [2.05, 4.69) is 41.1 Å². The molecule has 0 unspecified atom stereocenters. The average Bonchev–Trinajstić information content (AvgIpc) is 3.07. The van der Waals surface area contributed by atoms with Crippen molar-refractivity contribution in [3.05, 3.63) is 70.3 Å². The lowest BCUT2D eigenvalue weighted by atomic mass is 10.0. The molecule has 1 aliphatic heterocycles. The number of benzene rings is 2. The molecule has 0 amide bonds. The van der Waals surface area contributed by atoms with Crippen LogP contribution in [0.25, 0.3) is 28.2 Å². The van der Waals surface area contributed by atoms with Gasteiger partial charge in [-0.05, 0) is 43.0 Å². The van der Waals surface area contributed by atoms with Crippen LogP contribution < -0.4 is 0 Å². The average molecular weight is 382 g/mol. The molecule has 0 atom stereocenters. The summed E-state index contributed by atoms with van der Waals surface area (Å²) in [5, 5.41) is 6.16. The van der Waals surface area contributed by atoms with Gasteiger partial charge < -0.3 is 4.57 Å². The number of aryl methyl sites for hydroxylation is 2. The molecule has 0 bridgehead atoms. The first kappa shape index (κ1) is 16.0. The van der Waals surface area contributed by atoms with Crippen molar-refractivity contribution in [2.45, 2.75) is 25.8 Å². The second-order valence-electron chi connectivity index (χ2n) is 6.71. The van der Waals surface area contributed by atoms with E-state index in [9.17, 15) is 0 Å². The fraction of sp³-hybridized carbons (Fsp3) is 0.190. The Morgan fingerprint density at radius 2 is 1.77 bits per heavy atom. The molecule has 0 saturated carbocycles. The molecule has 2 aromatic heterocycles. The summed E-state index contributed by atoms with van der Waals surface area (Å²) in [6.07, 6.45) is 5.53. The van der Waals surface area contributed by atoms with Gasteiger partial charge in [0, 0.05) is 34.5 Å². The van der Waals surface area contributed by atoms with Crippen molar-refractivity contribution < 1.29 is 0 Å². The summed E-state index contributed by atoms with van der Waals surface area (Å²) in [6, 6.07) is 16.2. The van der Waals surface area contributed by atoms with Crippen molar-refractivity contribution in [2.24, 2.45) is 0 Å². The van der Waals surface area contributed by atoms with Crippen LogP contribution in [-0.4, -0.2) is 14.2 Å². The molecule has 3 heterocycles. The van der Waals surface area contributed by atoms with Gasteiger partial charge in [-0.25, -0.2) is 4.52 Å². The molecule has 0 fully saturated rings. The molecule has 4 aromatic rings. The van der Waals surface area contributed by atoms with E-state index >= 15 is 0 Å². The summed E-state index contributed by atoms with van der Waals surface area (Å²) in [5.74, 6) is 0.907. The molecule has 5 heteroatoms. The topological polar surface area (TPSA) is 22.2 Å². The lowest BCUT2D eigenvalue weighted by molar-refractivity contribution is 0.645. The molecular weight excluding hydrogens is 365 g/mol. The van der Waals surface area contributed by atoms with Crippen LogP contribution in [0.1, 0.15) is 18.4 Å². The molecule has 1 aliphatic rings. The van der Waals surface area contributed by atoms with Crippen molar-refractivity contribution in [3.8, 4) is 22.5 Å². The smallest absolute Gasteiger partial charge is 0.163 e. The van der Waals surface area contributed by atoms with E-state index in [0.29, 0.717) is 10.0 Å². The quantitative estimate of drug-likeness (QED) is 0.410. The first-order valence-electron chi connectivity index (χ1n) is 8.84. The molecular formula is C21H17Cl2N3. The van der Waals surface area contributed by atoms with Crippen LogP contribution in [0.5, 0.6) is 0 Å². The largest absolute Gasteiger partial charge is 0.309 e. The molecule has 5 rings (SSSR count). The van der Waals surface area contributed by atoms with E-state index in [-0.39, 0.29) is 0 Å². The van der Waals surface area contributed by atoms with E-state index in [4.69, 9.17) is 28.3 Å². The van der Waals surface area contributed by atoms with Crippen LogP contribution in [0.2, 0.25) is 10.0 Å². The lowest BCUT2D eigenvalue weighted by Gasteiger charge is -2.08. The molecule has 0 saturated heterocycles. The van der Waals surface area contributed by atoms with Gasteiger partial charge in [0.2, 0.25) is 0 Å². The van der Waals surface area contributed by atoms with Gasteiger partial charge >= 0.3 is 0 Å². The number of rotatable bonds is 2. The highest BCUT2D eigenvalue weighted by Crippen LogP contribution is 2.36. The standard InChI is InChI=1S/C21H17Cl2N3/c22-15-9-10-17(19(23)12-15)20-24-26-13-18(14-6-2-1-3-7-14)16-8-4-5-11-25(20)21(16)26/h1-3,6-7,9-10,12-13H,4-5,8,11H2. The van der Waals surface area contributed by atoms with Gasteiger partial charge in [-0.3, -0.25) is 0 Å². The predicted molar refractivity (Wildman–Crippen MR) is 107 cm³/mol. The third kappa shape index (κ3) is 2.46. The van der Waals surface area contributed by atoms with Crippen molar-refractivity contribution >= 4 is 28.8 Å². The lowest BCUT2D eigenvalue weighted by Crippen LogP contribution is -2.00. The summed E-state index contributed by atoms with van der Waals surface area (Å²) in [7, 11) is 0. The molecule has 26 heavy (non-hydrogen) atoms. The maximum absolute atomic E-state index is 6.47. The molecule has 2 aromatic carbocycles. The number of aromatic nitrogens is 3. The van der Waals surface area contributed by atoms with Gasteiger partial charge in [0.05, 0.1) is 5.02 Å². The molecule has 0 spiro atoms. The zero-order valence-corrected chi connectivity index (χ0v) is 15.6. The van der Waals surface area contributed by atoms with Crippen LogP contribution in [0.4, 0.5) is 0 Å². The zero-order chi connectivity index (χ0) is 17.7. The Bertz CT molecular complexity index is 1110. The van der Waals surface area contributed by atoms with Crippen molar-refractivity contribution in [1.82, 2.24) is 14.2 Å². The second-order valence-corrected chi connectivity index (χ2v) is 7.56. The zero-order valence-electron chi connectivity index (χ0n) is 14.1. The van der Waals surface area contributed by atoms with Crippen LogP contribution in [0, 0.1) is 0 Å². The molecule has 3 nitrogen and oxygen atoms in total. The van der Waals surface area contributed by atoms with E-state index in [1.165, 1.54) is 28.8 Å². The van der Waals surface area contributed by atoms with Crippen molar-refractivity contribution in [2.75, 3.05) is 0 Å². The van der Waals surface area contributed by atoms with Crippen LogP contribution >= 0.6 is 23.2 Å². The fourth-order valence-corrected chi connectivity index (χ4v) is 4.40. The van der Waals surface area contributed by atoms with E-state index < -0.39 is 0 Å². The van der Waals surface area contributed by atoms with E-state index in [1.807, 2.05) is 16.6 Å². The van der Waals surface area contributed by atoms with Crippen molar-refractivity contribution in [1.29, 1.82) is 0 Å². The van der Waals surface area contributed by atoms with E-state index in [1.54, 1.807) is 6.07 Å². The highest BCUT2D eigenvalue weighted by Gasteiger charge is 2.23. The minimum Gasteiger partial charge on any atom is -0.309 e. The first-order chi connectivity index (χ1) is 12.7. The Kier molecular flexibility index (Phi) is 3.80. The Hall–Kier alpha value is -2.23. The Morgan fingerprint density at radius 3 is 2.58 bits per heavy atom. The normalized spacial score (nSPS) is 13.9. The minimum atomic E-state index is 0.635. The molecule has 130 valence electrons. The van der Waals surface area contributed by atoms with Gasteiger partial charge in [0.1, 0.15) is 5.65 Å². The van der Waals surface area contributed by atoms with Gasteiger partial charge in [-0.1, -0.05) is 53.5 Å². The molecule has 0 N–H and O–H groups in total. The molecule has 0 aliphatic carbocycles. The highest BCUT2D eigenvalue weighted by atomic mass is 35.5. The third-order valence-electron chi connectivity index (χ3n) is 5.09. The van der Waals surface area contributed by atoms with Crippen molar-refractivity contribution in [3.63, 3.8) is 0 Å². The Balaban J connectivity index is 1.76. The summed E-state index contributed by atoms with van der Waals surface area (Å²) in [5.41, 5.74) is 6.00. The third-order valence-corrected chi connectivity index (χ3v) is 5.64. The first-order valence-corrected chi connectivity index (χ1v) is 9.59. The number of hydrogen-bond donors (Lipinski definition) is 0. The Labute approximate surface area is 161 Å². The number of hydrogen-bond acceptors (Lipinski definition) is 1. The minimum absolute atomic E-state index is 0.635. The van der Waals surface area contributed by atoms with Crippen LogP contribution in [0.3, 0.4) is 0 Å². The highest BCUT2D eigenvalue weighted by molar-refractivity contribution is 6.36. The fourth-order valence-electron chi connectivity index (χ4n) is 3.91. The summed E-state index contributed by atoms with van der Waals surface area (Å²) in [6.45, 7) is 0.947. The second kappa shape index (κ2) is 6.19. The predicted octanol–water partition coefficient (Wildman–Crippen LogP) is 6.11. The number of halogens is 2. The maximum atomic E-state index is 6.47. The summed E-state index contributed by atoms with van der Waals surface area (Å²) >= 11 is 12.5. The van der Waals surface area contributed by atoms with Gasteiger partial charge in [0.15, 0.2) is 5.82 Å². The Morgan fingerprint density at radius 1 is 0.923 bits per heavy atom. The summed E-state index contributed by atoms with van der Waals surface area (Å²) < 4.78 is 4.33. The van der Waals surface area contributed by atoms with Crippen LogP contribution in [0.15, 0.2) is 54.7 Å². The number of nitrogens with zero attached hydrogens (tertiary/aromatic N) is 3. The van der Waals surface area contributed by atoms with E-state index in [0.717, 1.165) is 30.8 Å². The van der Waals surface area contributed by atoms with Gasteiger partial charge in [-0.15, -0.1) is 5.10 Å². The van der Waals surface area contributed by atoms with Gasteiger partial charge in [0.25, 0.3) is 0 Å². The summed E-state index contributed by atoms with van der Waals surface area (Å²) in [4.78, 5) is 0. The maximum Gasteiger partial charge on any atom is 0.163 e.